The number of amides is 1. The van der Waals surface area contributed by atoms with Gasteiger partial charge in [0.1, 0.15) is 11.4 Å². The fourth-order valence-corrected chi connectivity index (χ4v) is 3.36. The molecule has 1 fully saturated rings. The van der Waals surface area contributed by atoms with Crippen LogP contribution in [-0.2, 0) is 6.18 Å². The van der Waals surface area contributed by atoms with Gasteiger partial charge in [0.2, 0.25) is 11.9 Å². The monoisotopic (exact) mass is 408 g/mol. The molecule has 3 rings (SSSR count). The highest BCUT2D eigenvalue weighted by molar-refractivity contribution is 5.94. The standard InChI is InChI=1S/C19H23F3N6O/c1-10-8-13(6-7-14(10)16(24)29)27-18-25-9-15(19(20,21)22)17(28-18)26-12-4-2-11(23)3-5-12/h6-9,11-12H,2-5,23H2,1H3,(H2,24,29)(H2,25,26,27,28). The summed E-state index contributed by atoms with van der Waals surface area (Å²) in [6.45, 7) is 1.71. The smallest absolute Gasteiger partial charge is 0.367 e. The molecule has 6 N–H and O–H groups in total. The van der Waals surface area contributed by atoms with Gasteiger partial charge < -0.3 is 22.1 Å². The van der Waals surface area contributed by atoms with Crippen molar-refractivity contribution in [2.24, 2.45) is 11.5 Å². The van der Waals surface area contributed by atoms with Crippen molar-refractivity contribution in [3.05, 3.63) is 41.1 Å². The number of halogens is 3. The zero-order valence-electron chi connectivity index (χ0n) is 15.9. The molecule has 0 radical (unpaired) electrons. The summed E-state index contributed by atoms with van der Waals surface area (Å²) in [6.07, 6.45) is -0.956. The van der Waals surface area contributed by atoms with Gasteiger partial charge in [0, 0.05) is 29.5 Å². The van der Waals surface area contributed by atoms with Gasteiger partial charge >= 0.3 is 6.18 Å². The SMILES string of the molecule is Cc1cc(Nc2ncc(C(F)(F)F)c(NC3CCC(N)CC3)n2)ccc1C(N)=O. The Balaban J connectivity index is 1.84. The quantitative estimate of drug-likeness (QED) is 0.603. The minimum atomic E-state index is -4.58. The minimum absolute atomic E-state index is 0.0132. The van der Waals surface area contributed by atoms with Crippen molar-refractivity contribution in [2.75, 3.05) is 10.6 Å². The van der Waals surface area contributed by atoms with Crippen molar-refractivity contribution in [1.82, 2.24) is 9.97 Å². The van der Waals surface area contributed by atoms with Crippen LogP contribution in [0.4, 0.5) is 30.6 Å². The van der Waals surface area contributed by atoms with Crippen LogP contribution in [0.15, 0.2) is 24.4 Å². The van der Waals surface area contributed by atoms with Crippen LogP contribution in [0.25, 0.3) is 0 Å². The Morgan fingerprint density at radius 3 is 2.48 bits per heavy atom. The van der Waals surface area contributed by atoms with E-state index in [2.05, 4.69) is 20.6 Å². The second-order valence-corrected chi connectivity index (χ2v) is 7.23. The van der Waals surface area contributed by atoms with Crippen molar-refractivity contribution in [1.29, 1.82) is 0 Å². The first-order chi connectivity index (χ1) is 13.6. The van der Waals surface area contributed by atoms with E-state index in [1.807, 2.05) is 0 Å². The molecule has 0 saturated heterocycles. The molecule has 1 amide bonds. The van der Waals surface area contributed by atoms with Gasteiger partial charge in [-0.25, -0.2) is 4.98 Å². The number of benzene rings is 1. The van der Waals surface area contributed by atoms with E-state index in [9.17, 15) is 18.0 Å². The van der Waals surface area contributed by atoms with Crippen LogP contribution in [0.3, 0.4) is 0 Å². The number of nitrogens with two attached hydrogens (primary N) is 2. The van der Waals surface area contributed by atoms with E-state index < -0.39 is 17.6 Å². The third kappa shape index (κ3) is 5.14. The Morgan fingerprint density at radius 1 is 1.21 bits per heavy atom. The number of carbonyl (C=O) groups is 1. The molecule has 7 nitrogen and oxygen atoms in total. The lowest BCUT2D eigenvalue weighted by Crippen LogP contribution is -2.33. The van der Waals surface area contributed by atoms with E-state index in [4.69, 9.17) is 11.5 Å². The lowest BCUT2D eigenvalue weighted by Gasteiger charge is -2.28. The van der Waals surface area contributed by atoms with Crippen LogP contribution in [0, 0.1) is 6.92 Å². The molecule has 0 aliphatic heterocycles. The maximum absolute atomic E-state index is 13.4. The van der Waals surface area contributed by atoms with Crippen LogP contribution in [0.2, 0.25) is 0 Å². The molecule has 29 heavy (non-hydrogen) atoms. The van der Waals surface area contributed by atoms with E-state index >= 15 is 0 Å². The van der Waals surface area contributed by atoms with Crippen LogP contribution >= 0.6 is 0 Å². The number of nitrogens with one attached hydrogen (secondary N) is 2. The molecule has 1 saturated carbocycles. The summed E-state index contributed by atoms with van der Waals surface area (Å²) in [4.78, 5) is 19.2. The third-order valence-corrected chi connectivity index (χ3v) is 4.95. The second kappa shape index (κ2) is 8.24. The molecular weight excluding hydrogens is 385 g/mol. The predicted octanol–water partition coefficient (Wildman–Crippen LogP) is 3.33. The van der Waals surface area contributed by atoms with Crippen LogP contribution in [0.5, 0.6) is 0 Å². The zero-order valence-corrected chi connectivity index (χ0v) is 15.9. The summed E-state index contributed by atoms with van der Waals surface area (Å²) in [7, 11) is 0. The van der Waals surface area contributed by atoms with Crippen molar-refractivity contribution in [3.63, 3.8) is 0 Å². The van der Waals surface area contributed by atoms with Crippen LogP contribution in [-0.4, -0.2) is 28.0 Å². The maximum atomic E-state index is 13.4. The fraction of sp³-hybridized carbons (Fsp3) is 0.421. The predicted molar refractivity (Wildman–Crippen MR) is 104 cm³/mol. The average molecular weight is 408 g/mol. The van der Waals surface area contributed by atoms with Gasteiger partial charge in [-0.3, -0.25) is 4.79 Å². The number of aromatic nitrogens is 2. The molecule has 0 atom stereocenters. The van der Waals surface area contributed by atoms with Crippen LogP contribution in [0.1, 0.15) is 47.2 Å². The summed E-state index contributed by atoms with van der Waals surface area (Å²) in [5, 5.41) is 5.78. The molecule has 156 valence electrons. The Kier molecular flexibility index (Phi) is 5.92. The number of anilines is 3. The lowest BCUT2D eigenvalue weighted by atomic mass is 9.92. The van der Waals surface area contributed by atoms with Gasteiger partial charge in [0.15, 0.2) is 0 Å². The molecular formula is C19H23F3N6O. The van der Waals surface area contributed by atoms with E-state index in [-0.39, 0.29) is 23.8 Å². The van der Waals surface area contributed by atoms with E-state index in [1.165, 1.54) is 6.07 Å². The Morgan fingerprint density at radius 2 is 1.90 bits per heavy atom. The average Bonchev–Trinajstić information content (AvgIpc) is 2.62. The lowest BCUT2D eigenvalue weighted by molar-refractivity contribution is -0.137. The maximum Gasteiger partial charge on any atom is 0.421 e. The Labute approximate surface area is 166 Å². The third-order valence-electron chi connectivity index (χ3n) is 4.95. The van der Waals surface area contributed by atoms with Gasteiger partial charge in [-0.2, -0.15) is 18.2 Å². The van der Waals surface area contributed by atoms with E-state index in [1.54, 1.807) is 19.1 Å². The molecule has 1 heterocycles. The molecule has 1 aromatic heterocycles. The Hall–Kier alpha value is -2.88. The number of hydrogen-bond donors (Lipinski definition) is 4. The number of rotatable bonds is 5. The zero-order chi connectivity index (χ0) is 21.2. The summed E-state index contributed by atoms with van der Waals surface area (Å²) < 4.78 is 40.2. The molecule has 0 bridgehead atoms. The fourth-order valence-electron chi connectivity index (χ4n) is 3.36. The highest BCUT2D eigenvalue weighted by atomic mass is 19.4. The number of aryl methyl sites for hydroxylation is 1. The first kappa shape index (κ1) is 20.8. The summed E-state index contributed by atoms with van der Waals surface area (Å²) >= 11 is 0. The topological polar surface area (TPSA) is 119 Å². The van der Waals surface area contributed by atoms with Gasteiger partial charge in [-0.1, -0.05) is 0 Å². The van der Waals surface area contributed by atoms with E-state index in [0.717, 1.165) is 19.0 Å². The van der Waals surface area contributed by atoms with Gasteiger partial charge in [0.25, 0.3) is 0 Å². The van der Waals surface area contributed by atoms with Crippen molar-refractivity contribution < 1.29 is 18.0 Å². The summed E-state index contributed by atoms with van der Waals surface area (Å²) in [6, 6.07) is 4.73. The van der Waals surface area contributed by atoms with Gasteiger partial charge in [-0.15, -0.1) is 0 Å². The van der Waals surface area contributed by atoms with Crippen molar-refractivity contribution in [2.45, 2.75) is 50.9 Å². The molecule has 0 unspecified atom stereocenters. The Bertz CT molecular complexity index is 894. The first-order valence-corrected chi connectivity index (χ1v) is 9.27. The van der Waals surface area contributed by atoms with Gasteiger partial charge in [0.05, 0.1) is 0 Å². The highest BCUT2D eigenvalue weighted by Crippen LogP contribution is 2.35. The molecule has 1 aliphatic rings. The van der Waals surface area contributed by atoms with Crippen molar-refractivity contribution >= 4 is 23.4 Å². The van der Waals surface area contributed by atoms with Crippen molar-refractivity contribution in [3.8, 4) is 0 Å². The largest absolute Gasteiger partial charge is 0.421 e. The highest BCUT2D eigenvalue weighted by Gasteiger charge is 2.36. The summed E-state index contributed by atoms with van der Waals surface area (Å²) in [5.74, 6) is -0.807. The molecule has 2 aromatic rings. The number of primary amides is 1. The van der Waals surface area contributed by atoms with Gasteiger partial charge in [-0.05, 0) is 56.4 Å². The number of carbonyl (C=O) groups excluding carboxylic acids is 1. The summed E-state index contributed by atoms with van der Waals surface area (Å²) in [5.41, 5.74) is 11.8. The number of hydrogen-bond acceptors (Lipinski definition) is 6. The number of nitrogens with zero attached hydrogens (tertiary/aromatic N) is 2. The molecule has 0 spiro atoms. The molecule has 10 heteroatoms. The second-order valence-electron chi connectivity index (χ2n) is 7.23. The first-order valence-electron chi connectivity index (χ1n) is 9.27. The van der Waals surface area contributed by atoms with Crippen LogP contribution < -0.4 is 22.1 Å². The molecule has 1 aliphatic carbocycles. The molecule has 1 aromatic carbocycles. The van der Waals surface area contributed by atoms with E-state index in [0.29, 0.717) is 29.7 Å². The normalized spacial score (nSPS) is 19.6. The number of alkyl halides is 3. The minimum Gasteiger partial charge on any atom is -0.367 e.